The second kappa shape index (κ2) is 9.66. The summed E-state index contributed by atoms with van der Waals surface area (Å²) in [5.74, 6) is -0.199. The van der Waals surface area contributed by atoms with Gasteiger partial charge >= 0.3 is 5.97 Å². The summed E-state index contributed by atoms with van der Waals surface area (Å²) >= 11 is 0. The van der Waals surface area contributed by atoms with Gasteiger partial charge in [-0.05, 0) is 48.2 Å². The fourth-order valence-electron chi connectivity index (χ4n) is 4.69. The molecule has 1 heterocycles. The van der Waals surface area contributed by atoms with Crippen LogP contribution in [0.5, 0.6) is 5.75 Å². The molecule has 0 amide bonds. The van der Waals surface area contributed by atoms with Gasteiger partial charge in [-0.1, -0.05) is 78.9 Å². The maximum absolute atomic E-state index is 11.9. The Morgan fingerprint density at radius 3 is 1.92 bits per heavy atom. The Balaban J connectivity index is 1.76. The van der Waals surface area contributed by atoms with Crippen LogP contribution in [0.4, 0.5) is 0 Å². The highest BCUT2D eigenvalue weighted by Crippen LogP contribution is 2.45. The lowest BCUT2D eigenvalue weighted by Gasteiger charge is -2.33. The average Bonchev–Trinajstić information content (AvgIpc) is 3.37. The zero-order valence-electron chi connectivity index (χ0n) is 20.3. The summed E-state index contributed by atoms with van der Waals surface area (Å²) in [5, 5.41) is 21.0. The van der Waals surface area contributed by atoms with E-state index in [0.717, 1.165) is 27.7 Å². The number of nitrogens with zero attached hydrogens (tertiary/aromatic N) is 3. The number of hydrogen-bond donors (Lipinski definition) is 1. The van der Waals surface area contributed by atoms with E-state index in [1.54, 1.807) is 0 Å². The van der Waals surface area contributed by atoms with Crippen LogP contribution in [0.15, 0.2) is 97.1 Å². The van der Waals surface area contributed by atoms with Gasteiger partial charge in [0.15, 0.2) is 0 Å². The van der Waals surface area contributed by atoms with Crippen LogP contribution in [0.2, 0.25) is 0 Å². The van der Waals surface area contributed by atoms with Crippen LogP contribution in [-0.2, 0) is 21.4 Å². The number of methoxy groups -OCH3 is 1. The highest BCUT2D eigenvalue weighted by atomic mass is 16.5. The Morgan fingerprint density at radius 1 is 0.861 bits per heavy atom. The van der Waals surface area contributed by atoms with Crippen LogP contribution in [0.3, 0.4) is 0 Å². The molecule has 0 saturated carbocycles. The third-order valence-electron chi connectivity index (χ3n) is 6.74. The molecule has 4 aromatic carbocycles. The van der Waals surface area contributed by atoms with E-state index in [2.05, 4.69) is 41.4 Å². The standard InChI is InChI=1S/C30H27N3O3/c1-30(22-11-5-3-6-12-22,23-13-7-4-8-14-23)24-19-21(17-18-28(34)36-2)20-27(29(24)35)33-31-25-15-9-10-16-26(25)32-33/h3-16,19-20,35H,17-18H2,1-2H3. The number of ether oxygens (including phenoxy) is 1. The predicted molar refractivity (Wildman–Crippen MR) is 139 cm³/mol. The third-order valence-corrected chi connectivity index (χ3v) is 6.74. The molecule has 0 radical (unpaired) electrons. The van der Waals surface area contributed by atoms with Crippen molar-refractivity contribution in [2.75, 3.05) is 7.11 Å². The lowest BCUT2D eigenvalue weighted by Crippen LogP contribution is -2.26. The normalized spacial score (nSPS) is 11.5. The van der Waals surface area contributed by atoms with E-state index in [-0.39, 0.29) is 18.1 Å². The van der Waals surface area contributed by atoms with Gasteiger partial charge in [0, 0.05) is 17.4 Å². The number of phenols is 1. The van der Waals surface area contributed by atoms with Gasteiger partial charge in [0.1, 0.15) is 22.5 Å². The molecule has 6 nitrogen and oxygen atoms in total. The lowest BCUT2D eigenvalue weighted by atomic mass is 9.70. The number of hydrogen-bond acceptors (Lipinski definition) is 5. The lowest BCUT2D eigenvalue weighted by molar-refractivity contribution is -0.140. The van der Waals surface area contributed by atoms with Crippen molar-refractivity contribution >= 4 is 17.0 Å². The summed E-state index contributed by atoms with van der Waals surface area (Å²) in [5.41, 5.74) is 4.87. The quantitative estimate of drug-likeness (QED) is 0.244. The van der Waals surface area contributed by atoms with Gasteiger partial charge in [0.25, 0.3) is 0 Å². The van der Waals surface area contributed by atoms with Gasteiger partial charge < -0.3 is 9.84 Å². The van der Waals surface area contributed by atoms with Crippen molar-refractivity contribution in [2.24, 2.45) is 0 Å². The van der Waals surface area contributed by atoms with Crippen molar-refractivity contribution < 1.29 is 14.6 Å². The van der Waals surface area contributed by atoms with E-state index in [4.69, 9.17) is 4.74 Å². The van der Waals surface area contributed by atoms with Crippen molar-refractivity contribution in [1.29, 1.82) is 0 Å². The van der Waals surface area contributed by atoms with Crippen LogP contribution in [0.25, 0.3) is 16.7 Å². The molecule has 0 saturated heterocycles. The Morgan fingerprint density at radius 2 is 1.39 bits per heavy atom. The van der Waals surface area contributed by atoms with Crippen molar-refractivity contribution in [1.82, 2.24) is 15.0 Å². The number of aromatic hydroxyl groups is 1. The largest absolute Gasteiger partial charge is 0.505 e. The zero-order valence-corrected chi connectivity index (χ0v) is 20.3. The van der Waals surface area contributed by atoms with E-state index in [1.165, 1.54) is 11.9 Å². The van der Waals surface area contributed by atoms with E-state index in [1.807, 2.05) is 72.8 Å². The molecule has 36 heavy (non-hydrogen) atoms. The zero-order chi connectivity index (χ0) is 25.1. The predicted octanol–water partition coefficient (Wildman–Crippen LogP) is 5.59. The Bertz CT molecular complexity index is 1440. The molecule has 0 unspecified atom stereocenters. The molecule has 5 aromatic rings. The topological polar surface area (TPSA) is 77.2 Å². The SMILES string of the molecule is COC(=O)CCc1cc(-n2nc3ccccc3n2)c(O)c(C(C)(c2ccccc2)c2ccccc2)c1. The molecule has 0 atom stereocenters. The van der Waals surface area contributed by atoms with E-state index in [0.29, 0.717) is 17.7 Å². The number of rotatable bonds is 7. The number of aryl methyl sites for hydroxylation is 1. The summed E-state index contributed by atoms with van der Waals surface area (Å²) in [6.07, 6.45) is 0.676. The van der Waals surface area contributed by atoms with Crippen LogP contribution >= 0.6 is 0 Å². The van der Waals surface area contributed by atoms with E-state index in [9.17, 15) is 9.90 Å². The van der Waals surface area contributed by atoms with Crippen LogP contribution < -0.4 is 0 Å². The van der Waals surface area contributed by atoms with Gasteiger partial charge in [-0.25, -0.2) is 0 Å². The number of phenolic OH excluding ortho intramolecular Hbond substituents is 1. The van der Waals surface area contributed by atoms with Crippen molar-refractivity contribution in [3.63, 3.8) is 0 Å². The Hall–Kier alpha value is -4.45. The summed E-state index contributed by atoms with van der Waals surface area (Å²) in [6, 6.07) is 31.6. The van der Waals surface area contributed by atoms with Crippen molar-refractivity contribution in [3.05, 3.63) is 119 Å². The molecule has 1 aromatic heterocycles. The Labute approximate surface area is 209 Å². The second-order valence-corrected chi connectivity index (χ2v) is 8.92. The first-order valence-electron chi connectivity index (χ1n) is 11.9. The second-order valence-electron chi connectivity index (χ2n) is 8.92. The fraction of sp³-hybridized carbons (Fsp3) is 0.167. The third kappa shape index (κ3) is 4.22. The van der Waals surface area contributed by atoms with Gasteiger partial charge in [0.2, 0.25) is 0 Å². The number of carbonyl (C=O) groups excluding carboxylic acids is 1. The fourth-order valence-corrected chi connectivity index (χ4v) is 4.69. The molecule has 0 bridgehead atoms. The highest BCUT2D eigenvalue weighted by molar-refractivity contribution is 5.74. The van der Waals surface area contributed by atoms with Crippen LogP contribution in [0.1, 0.15) is 35.6 Å². The molecule has 6 heteroatoms. The molecular weight excluding hydrogens is 450 g/mol. The number of fused-ring (bicyclic) bond motifs is 1. The first-order chi connectivity index (χ1) is 17.5. The van der Waals surface area contributed by atoms with Crippen molar-refractivity contribution in [2.45, 2.75) is 25.2 Å². The first kappa shape index (κ1) is 23.3. The van der Waals surface area contributed by atoms with E-state index >= 15 is 0 Å². The molecular formula is C30H27N3O3. The van der Waals surface area contributed by atoms with Gasteiger partial charge in [-0.3, -0.25) is 4.79 Å². The van der Waals surface area contributed by atoms with Crippen LogP contribution in [-0.4, -0.2) is 33.2 Å². The first-order valence-corrected chi connectivity index (χ1v) is 11.9. The number of carbonyl (C=O) groups is 1. The van der Waals surface area contributed by atoms with Crippen molar-refractivity contribution in [3.8, 4) is 11.4 Å². The number of esters is 1. The minimum Gasteiger partial charge on any atom is -0.505 e. The number of aromatic nitrogens is 3. The maximum Gasteiger partial charge on any atom is 0.305 e. The summed E-state index contributed by atoms with van der Waals surface area (Å²) in [6.45, 7) is 2.10. The molecule has 0 fully saturated rings. The Kier molecular flexibility index (Phi) is 6.25. The van der Waals surface area contributed by atoms with E-state index < -0.39 is 5.41 Å². The molecule has 0 aliphatic rings. The minimum atomic E-state index is -0.685. The maximum atomic E-state index is 11.9. The molecule has 0 spiro atoms. The molecule has 5 rings (SSSR count). The smallest absolute Gasteiger partial charge is 0.305 e. The molecule has 1 N–H and O–H groups in total. The average molecular weight is 478 g/mol. The molecule has 180 valence electrons. The molecule has 0 aliphatic carbocycles. The molecule has 0 aliphatic heterocycles. The van der Waals surface area contributed by atoms with Gasteiger partial charge in [-0.2, -0.15) is 0 Å². The van der Waals surface area contributed by atoms with Gasteiger partial charge in [0.05, 0.1) is 7.11 Å². The summed E-state index contributed by atoms with van der Waals surface area (Å²) in [7, 11) is 1.39. The number of benzene rings is 4. The van der Waals surface area contributed by atoms with Gasteiger partial charge in [-0.15, -0.1) is 15.0 Å². The summed E-state index contributed by atoms with van der Waals surface area (Å²) in [4.78, 5) is 13.4. The van der Waals surface area contributed by atoms with Crippen LogP contribution in [0, 0.1) is 0 Å². The summed E-state index contributed by atoms with van der Waals surface area (Å²) < 4.78 is 4.87. The highest BCUT2D eigenvalue weighted by Gasteiger charge is 2.35. The minimum absolute atomic E-state index is 0.0901. The monoisotopic (exact) mass is 477 g/mol.